The molecule has 3 heteroatoms. The van der Waals surface area contributed by atoms with Gasteiger partial charge >= 0.3 is 0 Å². The van der Waals surface area contributed by atoms with E-state index in [0.717, 1.165) is 11.4 Å². The second kappa shape index (κ2) is 6.36. The molecule has 112 valence electrons. The first-order chi connectivity index (χ1) is 9.44. The van der Waals surface area contributed by atoms with Gasteiger partial charge in [-0.25, -0.2) is 0 Å². The Bertz CT molecular complexity index is 446. The summed E-state index contributed by atoms with van der Waals surface area (Å²) in [6, 6.07) is 6.76. The lowest BCUT2D eigenvalue weighted by molar-refractivity contribution is 0.222. The van der Waals surface area contributed by atoms with Gasteiger partial charge in [-0.1, -0.05) is 37.6 Å². The molecule has 0 saturated heterocycles. The predicted molar refractivity (Wildman–Crippen MR) is 88.7 cm³/mol. The zero-order chi connectivity index (χ0) is 14.8. The minimum Gasteiger partial charge on any atom is -0.370 e. The monoisotopic (exact) mass is 294 g/mol. The molecule has 1 fully saturated rings. The van der Waals surface area contributed by atoms with E-state index in [1.54, 1.807) is 0 Å². The van der Waals surface area contributed by atoms with E-state index < -0.39 is 0 Å². The Kier molecular flexibility index (Phi) is 4.98. The largest absolute Gasteiger partial charge is 0.370 e. The summed E-state index contributed by atoms with van der Waals surface area (Å²) in [5.74, 6) is 0. The number of hydrogen-bond donors (Lipinski definition) is 1. The summed E-state index contributed by atoms with van der Waals surface area (Å²) in [5, 5.41) is 0.850. The van der Waals surface area contributed by atoms with Gasteiger partial charge in [-0.2, -0.15) is 0 Å². The van der Waals surface area contributed by atoms with Crippen molar-refractivity contribution in [2.45, 2.75) is 52.0 Å². The molecular formula is C17H27ClN2. The van der Waals surface area contributed by atoms with Crippen LogP contribution in [0.3, 0.4) is 0 Å². The fourth-order valence-electron chi connectivity index (χ4n) is 3.27. The van der Waals surface area contributed by atoms with E-state index in [1.807, 2.05) is 12.1 Å². The molecule has 0 aliphatic heterocycles. The predicted octanol–water partition coefficient (Wildman–Crippen LogP) is 4.25. The van der Waals surface area contributed by atoms with E-state index >= 15 is 0 Å². The highest BCUT2D eigenvalue weighted by atomic mass is 35.5. The maximum absolute atomic E-state index is 6.45. The lowest BCUT2D eigenvalue weighted by atomic mass is 9.75. The molecule has 1 aliphatic carbocycles. The maximum Gasteiger partial charge on any atom is 0.0642 e. The lowest BCUT2D eigenvalue weighted by Gasteiger charge is -2.40. The van der Waals surface area contributed by atoms with Crippen LogP contribution in [0, 0.1) is 5.41 Å². The van der Waals surface area contributed by atoms with Crippen molar-refractivity contribution >= 4 is 17.3 Å². The van der Waals surface area contributed by atoms with Crippen molar-refractivity contribution in [3.8, 4) is 0 Å². The van der Waals surface area contributed by atoms with Gasteiger partial charge in [0, 0.05) is 13.1 Å². The van der Waals surface area contributed by atoms with Gasteiger partial charge in [0.25, 0.3) is 0 Å². The van der Waals surface area contributed by atoms with E-state index in [2.05, 4.69) is 31.9 Å². The van der Waals surface area contributed by atoms with Gasteiger partial charge in [-0.15, -0.1) is 0 Å². The third-order valence-electron chi connectivity index (χ3n) is 4.69. The fourth-order valence-corrected chi connectivity index (χ4v) is 3.59. The zero-order valence-electron chi connectivity index (χ0n) is 13.0. The molecule has 0 heterocycles. The molecule has 0 atom stereocenters. The van der Waals surface area contributed by atoms with E-state index in [9.17, 15) is 0 Å². The minimum absolute atomic E-state index is 0.498. The molecular weight excluding hydrogens is 268 g/mol. The van der Waals surface area contributed by atoms with Gasteiger partial charge in [0.05, 0.1) is 10.7 Å². The Balaban J connectivity index is 2.19. The Hall–Kier alpha value is -0.730. The minimum atomic E-state index is 0.498. The Morgan fingerprint density at radius 2 is 1.95 bits per heavy atom. The molecule has 20 heavy (non-hydrogen) atoms. The summed E-state index contributed by atoms with van der Waals surface area (Å²) >= 11 is 6.45. The number of nitrogens with zero attached hydrogens (tertiary/aromatic N) is 1. The number of nitrogens with two attached hydrogens (primary N) is 1. The van der Waals surface area contributed by atoms with Crippen LogP contribution in [-0.2, 0) is 6.42 Å². The second-order valence-electron chi connectivity index (χ2n) is 6.79. The standard InChI is InChI=1S/C17H27ClN2/c1-17(2)10-7-14(8-11-17)20(3)16-13(9-12-19)5-4-6-15(16)18/h4-6,14H,7-12,19H2,1-3H3. The van der Waals surface area contributed by atoms with Gasteiger partial charge in [-0.3, -0.25) is 0 Å². The first-order valence-electron chi connectivity index (χ1n) is 7.65. The molecule has 1 aromatic rings. The van der Waals surface area contributed by atoms with Crippen LogP contribution >= 0.6 is 11.6 Å². The van der Waals surface area contributed by atoms with Gasteiger partial charge in [-0.05, 0) is 55.7 Å². The topological polar surface area (TPSA) is 29.3 Å². The molecule has 0 radical (unpaired) electrons. The molecule has 2 rings (SSSR count). The van der Waals surface area contributed by atoms with Crippen LogP contribution in [0.2, 0.25) is 5.02 Å². The average Bonchev–Trinajstić information content (AvgIpc) is 2.38. The molecule has 2 N–H and O–H groups in total. The van der Waals surface area contributed by atoms with Crippen LogP contribution in [0.15, 0.2) is 18.2 Å². The van der Waals surface area contributed by atoms with Crippen molar-refractivity contribution in [1.29, 1.82) is 0 Å². The van der Waals surface area contributed by atoms with Crippen LogP contribution in [-0.4, -0.2) is 19.6 Å². The van der Waals surface area contributed by atoms with Crippen LogP contribution in [0.1, 0.15) is 45.1 Å². The van der Waals surface area contributed by atoms with Crippen molar-refractivity contribution in [2.24, 2.45) is 11.1 Å². The van der Waals surface area contributed by atoms with E-state index in [0.29, 0.717) is 18.0 Å². The summed E-state index contributed by atoms with van der Waals surface area (Å²) in [5.41, 5.74) is 8.69. The van der Waals surface area contributed by atoms with Crippen LogP contribution in [0.5, 0.6) is 0 Å². The molecule has 0 amide bonds. The molecule has 1 saturated carbocycles. The number of rotatable bonds is 4. The number of halogens is 1. The van der Waals surface area contributed by atoms with Crippen molar-refractivity contribution in [3.05, 3.63) is 28.8 Å². The van der Waals surface area contributed by atoms with Crippen LogP contribution in [0.25, 0.3) is 0 Å². The quantitative estimate of drug-likeness (QED) is 0.899. The van der Waals surface area contributed by atoms with Gasteiger partial charge < -0.3 is 10.6 Å². The lowest BCUT2D eigenvalue weighted by Crippen LogP contribution is -2.38. The summed E-state index contributed by atoms with van der Waals surface area (Å²) in [6.07, 6.45) is 5.96. The van der Waals surface area contributed by atoms with Gasteiger partial charge in [0.1, 0.15) is 0 Å². The summed E-state index contributed by atoms with van der Waals surface area (Å²) in [6.45, 7) is 5.41. The molecule has 2 nitrogen and oxygen atoms in total. The average molecular weight is 295 g/mol. The van der Waals surface area contributed by atoms with Crippen molar-refractivity contribution in [3.63, 3.8) is 0 Å². The Morgan fingerprint density at radius 1 is 1.30 bits per heavy atom. The maximum atomic E-state index is 6.45. The highest BCUT2D eigenvalue weighted by molar-refractivity contribution is 6.33. The van der Waals surface area contributed by atoms with E-state index in [1.165, 1.54) is 36.9 Å². The van der Waals surface area contributed by atoms with Gasteiger partial charge in [0.15, 0.2) is 0 Å². The summed E-state index contributed by atoms with van der Waals surface area (Å²) < 4.78 is 0. The third kappa shape index (κ3) is 3.48. The Labute approximate surface area is 128 Å². The van der Waals surface area contributed by atoms with Crippen molar-refractivity contribution in [2.75, 3.05) is 18.5 Å². The number of hydrogen-bond acceptors (Lipinski definition) is 2. The summed E-state index contributed by atoms with van der Waals surface area (Å²) in [7, 11) is 2.18. The van der Waals surface area contributed by atoms with Crippen molar-refractivity contribution < 1.29 is 0 Å². The van der Waals surface area contributed by atoms with Crippen LogP contribution in [0.4, 0.5) is 5.69 Å². The molecule has 0 bridgehead atoms. The fraction of sp³-hybridized carbons (Fsp3) is 0.647. The molecule has 1 aromatic carbocycles. The van der Waals surface area contributed by atoms with Crippen LogP contribution < -0.4 is 10.6 Å². The normalized spacial score (nSPS) is 19.1. The van der Waals surface area contributed by atoms with Gasteiger partial charge in [0.2, 0.25) is 0 Å². The van der Waals surface area contributed by atoms with E-state index in [4.69, 9.17) is 17.3 Å². The number of benzene rings is 1. The first-order valence-corrected chi connectivity index (χ1v) is 8.03. The molecule has 0 aromatic heterocycles. The molecule has 0 spiro atoms. The smallest absolute Gasteiger partial charge is 0.0642 e. The van der Waals surface area contributed by atoms with E-state index in [-0.39, 0.29) is 0 Å². The highest BCUT2D eigenvalue weighted by Crippen LogP contribution is 2.39. The Morgan fingerprint density at radius 3 is 2.55 bits per heavy atom. The highest BCUT2D eigenvalue weighted by Gasteiger charge is 2.30. The SMILES string of the molecule is CN(c1c(Cl)cccc1CCN)C1CCC(C)(C)CC1. The molecule has 1 aliphatic rings. The number of anilines is 1. The van der Waals surface area contributed by atoms with Crippen molar-refractivity contribution in [1.82, 2.24) is 0 Å². The summed E-state index contributed by atoms with van der Waals surface area (Å²) in [4.78, 5) is 2.39. The number of para-hydroxylation sites is 1. The third-order valence-corrected chi connectivity index (χ3v) is 5.00. The zero-order valence-corrected chi connectivity index (χ0v) is 13.7. The first kappa shape index (κ1) is 15.7. The second-order valence-corrected chi connectivity index (χ2v) is 7.20. The molecule has 0 unspecified atom stereocenters.